The largest absolute Gasteiger partial charge is 0.394 e. The summed E-state index contributed by atoms with van der Waals surface area (Å²) in [4.78, 5) is 4.98. The molecule has 0 spiro atoms. The Balaban J connectivity index is 1.56. The highest BCUT2D eigenvalue weighted by atomic mass is 16.3. The summed E-state index contributed by atoms with van der Waals surface area (Å²) in [6, 6.07) is 7.56. The molecule has 3 atom stereocenters. The van der Waals surface area contributed by atoms with E-state index in [1.54, 1.807) is 0 Å². The van der Waals surface area contributed by atoms with E-state index in [1.165, 1.54) is 35.2 Å². The van der Waals surface area contributed by atoms with E-state index in [0.717, 1.165) is 32.4 Å². The maximum atomic E-state index is 9.70. The molecule has 3 N–H and O–H groups in total. The third kappa shape index (κ3) is 5.28. The Morgan fingerprint density at radius 2 is 1.82 bits per heavy atom. The van der Waals surface area contributed by atoms with E-state index in [0.29, 0.717) is 12.6 Å². The highest BCUT2D eigenvalue weighted by molar-refractivity contribution is 5.67. The first kappa shape index (κ1) is 25.4. The Morgan fingerprint density at radius 3 is 2.56 bits per heavy atom. The molecule has 188 valence electrons. The quantitative estimate of drug-likeness (QED) is 0.552. The number of rotatable bonds is 6. The average Bonchev–Trinajstić information content (AvgIpc) is 3.26. The molecular formula is C29H45N3O2. The van der Waals surface area contributed by atoms with E-state index in [9.17, 15) is 5.11 Å². The number of nitrogens with one attached hydrogen (secondary N) is 1. The molecule has 2 heterocycles. The summed E-state index contributed by atoms with van der Waals surface area (Å²) in [6.07, 6.45) is 12.3. The summed E-state index contributed by atoms with van der Waals surface area (Å²) >= 11 is 0. The van der Waals surface area contributed by atoms with E-state index < -0.39 is 6.10 Å². The molecule has 5 nitrogen and oxygen atoms in total. The van der Waals surface area contributed by atoms with Crippen molar-refractivity contribution in [2.45, 2.75) is 88.9 Å². The van der Waals surface area contributed by atoms with Crippen LogP contribution in [0.1, 0.15) is 76.5 Å². The predicted octanol–water partition coefficient (Wildman–Crippen LogP) is 4.00. The van der Waals surface area contributed by atoms with Gasteiger partial charge in [-0.2, -0.15) is 0 Å². The van der Waals surface area contributed by atoms with Gasteiger partial charge in [-0.1, -0.05) is 58.1 Å². The number of fused-ring (bicyclic) bond motifs is 1. The molecule has 0 amide bonds. The van der Waals surface area contributed by atoms with Crippen LogP contribution in [0.2, 0.25) is 0 Å². The van der Waals surface area contributed by atoms with Gasteiger partial charge in [0.15, 0.2) is 0 Å². The first-order valence-corrected chi connectivity index (χ1v) is 13.1. The summed E-state index contributed by atoms with van der Waals surface area (Å²) in [5.41, 5.74) is 6.11. The summed E-state index contributed by atoms with van der Waals surface area (Å²) in [5, 5.41) is 22.2. The summed E-state index contributed by atoms with van der Waals surface area (Å²) in [5.74, 6) is 0. The molecule has 0 aromatic heterocycles. The standard InChI is InChI=1S/C29H45N3O2/c1-28(2)14-15-29(3,4)25-17-21(11-12-24(25)28)26-9-7-6-8-10-27(31(26)5)32-16-13-22(19-32)30-18-23(34)20-33/h8-12,17,22-23,27,30,33-34H,6-7,13-16,18-20H2,1-5H3/t22-,23-,27?/m0/s1. The minimum absolute atomic E-state index is 0.194. The molecular weight excluding hydrogens is 422 g/mol. The molecule has 1 saturated heterocycles. The molecule has 0 radical (unpaired) electrons. The lowest BCUT2D eigenvalue weighted by Gasteiger charge is -2.43. The first-order valence-electron chi connectivity index (χ1n) is 13.1. The van der Waals surface area contributed by atoms with Crippen molar-refractivity contribution < 1.29 is 10.2 Å². The van der Waals surface area contributed by atoms with Gasteiger partial charge in [0.1, 0.15) is 6.17 Å². The van der Waals surface area contributed by atoms with Crippen LogP contribution in [0.4, 0.5) is 0 Å². The van der Waals surface area contributed by atoms with Crippen LogP contribution in [0.25, 0.3) is 5.70 Å². The monoisotopic (exact) mass is 467 g/mol. The normalized spacial score (nSPS) is 27.6. The average molecular weight is 468 g/mol. The van der Waals surface area contributed by atoms with Crippen LogP contribution in [0.5, 0.6) is 0 Å². The van der Waals surface area contributed by atoms with Gasteiger partial charge in [-0.25, -0.2) is 0 Å². The van der Waals surface area contributed by atoms with E-state index in [1.807, 2.05) is 0 Å². The van der Waals surface area contributed by atoms with Crippen LogP contribution >= 0.6 is 0 Å². The number of nitrogens with zero attached hydrogens (tertiary/aromatic N) is 2. The van der Waals surface area contributed by atoms with Crippen molar-refractivity contribution >= 4 is 5.70 Å². The maximum absolute atomic E-state index is 9.70. The lowest BCUT2D eigenvalue weighted by molar-refractivity contribution is 0.0913. The smallest absolute Gasteiger partial charge is 0.101 e. The van der Waals surface area contributed by atoms with E-state index in [2.05, 4.69) is 86.3 Å². The Morgan fingerprint density at radius 1 is 1.09 bits per heavy atom. The number of hydrogen-bond acceptors (Lipinski definition) is 5. The van der Waals surface area contributed by atoms with Gasteiger partial charge in [-0.15, -0.1) is 0 Å². The Kier molecular flexibility index (Phi) is 7.58. The molecule has 1 aromatic rings. The topological polar surface area (TPSA) is 59.0 Å². The van der Waals surface area contributed by atoms with Crippen molar-refractivity contribution in [3.63, 3.8) is 0 Å². The number of benzene rings is 1. The number of allylic oxidation sites excluding steroid dienone is 2. The number of hydrogen-bond donors (Lipinski definition) is 3. The molecule has 0 bridgehead atoms. The van der Waals surface area contributed by atoms with Crippen LogP contribution in [0, 0.1) is 0 Å². The van der Waals surface area contributed by atoms with Gasteiger partial charge in [-0.3, -0.25) is 4.90 Å². The highest BCUT2D eigenvalue weighted by Gasteiger charge is 2.37. The Bertz CT molecular complexity index is 920. The fourth-order valence-corrected chi connectivity index (χ4v) is 5.95. The molecule has 5 heteroatoms. The van der Waals surface area contributed by atoms with Crippen LogP contribution < -0.4 is 5.32 Å². The Hall–Kier alpha value is -1.66. The van der Waals surface area contributed by atoms with E-state index >= 15 is 0 Å². The number of likely N-dealkylation sites (tertiary alicyclic amines) is 1. The molecule has 1 aromatic carbocycles. The van der Waals surface area contributed by atoms with Crippen molar-refractivity contribution in [3.05, 3.63) is 53.1 Å². The zero-order valence-corrected chi connectivity index (χ0v) is 21.8. The summed E-state index contributed by atoms with van der Waals surface area (Å²) in [6.45, 7) is 11.8. The van der Waals surface area contributed by atoms with Crippen LogP contribution in [-0.4, -0.2) is 71.6 Å². The van der Waals surface area contributed by atoms with Gasteiger partial charge >= 0.3 is 0 Å². The molecule has 0 saturated carbocycles. The lowest BCUT2D eigenvalue weighted by Crippen LogP contribution is -2.46. The molecule has 3 aliphatic rings. The number of likely N-dealkylation sites (N-methyl/N-ethyl adjacent to an activating group) is 1. The molecule has 4 rings (SSSR count). The minimum atomic E-state index is -0.689. The van der Waals surface area contributed by atoms with Crippen LogP contribution in [0.15, 0.2) is 36.4 Å². The second-order valence-electron chi connectivity index (χ2n) is 11.9. The third-order valence-corrected chi connectivity index (χ3v) is 8.35. The van der Waals surface area contributed by atoms with Crippen molar-refractivity contribution in [2.24, 2.45) is 0 Å². The third-order valence-electron chi connectivity index (χ3n) is 8.35. The molecule has 2 aliphatic heterocycles. The lowest BCUT2D eigenvalue weighted by atomic mass is 9.63. The molecule has 1 fully saturated rings. The maximum Gasteiger partial charge on any atom is 0.101 e. The number of aliphatic hydroxyl groups is 2. The van der Waals surface area contributed by atoms with Gasteiger partial charge < -0.3 is 20.4 Å². The second-order valence-corrected chi connectivity index (χ2v) is 11.9. The molecule has 34 heavy (non-hydrogen) atoms. The van der Waals surface area contributed by atoms with Crippen molar-refractivity contribution in [1.82, 2.24) is 15.1 Å². The molecule has 1 aliphatic carbocycles. The fraction of sp³-hybridized carbons (Fsp3) is 0.655. The summed E-state index contributed by atoms with van der Waals surface area (Å²) in [7, 11) is 2.23. The van der Waals surface area contributed by atoms with E-state index in [4.69, 9.17) is 5.11 Å². The highest BCUT2D eigenvalue weighted by Crippen LogP contribution is 2.46. The fourth-order valence-electron chi connectivity index (χ4n) is 5.95. The van der Waals surface area contributed by atoms with Gasteiger partial charge in [0.2, 0.25) is 0 Å². The van der Waals surface area contributed by atoms with Crippen molar-refractivity contribution in [2.75, 3.05) is 33.3 Å². The van der Waals surface area contributed by atoms with Gasteiger partial charge in [0.25, 0.3) is 0 Å². The zero-order chi connectivity index (χ0) is 24.5. The first-order chi connectivity index (χ1) is 16.1. The minimum Gasteiger partial charge on any atom is -0.394 e. The van der Waals surface area contributed by atoms with Crippen LogP contribution in [0.3, 0.4) is 0 Å². The molecule has 1 unspecified atom stereocenters. The summed E-state index contributed by atoms with van der Waals surface area (Å²) < 4.78 is 0. The van der Waals surface area contributed by atoms with E-state index in [-0.39, 0.29) is 23.6 Å². The van der Waals surface area contributed by atoms with Crippen molar-refractivity contribution in [3.8, 4) is 0 Å². The van der Waals surface area contributed by atoms with Crippen LogP contribution in [-0.2, 0) is 10.8 Å². The van der Waals surface area contributed by atoms with Crippen molar-refractivity contribution in [1.29, 1.82) is 0 Å². The Labute approximate surface area is 206 Å². The van der Waals surface area contributed by atoms with Gasteiger partial charge in [-0.05, 0) is 65.7 Å². The van der Waals surface area contributed by atoms with Gasteiger partial charge in [0, 0.05) is 38.4 Å². The predicted molar refractivity (Wildman–Crippen MR) is 141 cm³/mol. The SMILES string of the molecule is CN1C(c2ccc3c(c2)C(C)(C)CCC3(C)C)=CCCC=CC1N1CC[C@H](NC[C@H](O)CO)C1. The van der Waals surface area contributed by atoms with Gasteiger partial charge in [0.05, 0.1) is 12.7 Å². The second kappa shape index (κ2) is 10.1. The number of aliphatic hydroxyl groups excluding tert-OH is 2. The zero-order valence-electron chi connectivity index (χ0n) is 21.8.